The van der Waals surface area contributed by atoms with Gasteiger partial charge in [0.15, 0.2) is 6.10 Å². The van der Waals surface area contributed by atoms with Crippen molar-refractivity contribution in [2.75, 3.05) is 13.2 Å². The zero-order valence-corrected chi connectivity index (χ0v) is 40.9. The Kier molecular flexibility index (Phi) is 48.4. The lowest BCUT2D eigenvalue weighted by Gasteiger charge is -2.18. The highest BCUT2D eigenvalue weighted by Crippen LogP contribution is 2.14. The number of allylic oxidation sites excluding steroid dienone is 10. The van der Waals surface area contributed by atoms with Crippen LogP contribution in [0.2, 0.25) is 0 Å². The molecule has 0 aliphatic heterocycles. The van der Waals surface area contributed by atoms with E-state index in [0.717, 1.165) is 103 Å². The quantitative estimate of drug-likeness (QED) is 0.0199. The maximum Gasteiger partial charge on any atom is 0.306 e. The van der Waals surface area contributed by atoms with E-state index in [1.54, 1.807) is 0 Å². The molecule has 0 radical (unpaired) electrons. The van der Waals surface area contributed by atoms with Crippen molar-refractivity contribution in [3.8, 4) is 0 Å². The second-order valence-electron chi connectivity index (χ2n) is 17.4. The minimum atomic E-state index is -0.794. The fourth-order valence-electron chi connectivity index (χ4n) is 7.29. The van der Waals surface area contributed by atoms with Crippen LogP contribution < -0.4 is 0 Å². The molecule has 0 saturated heterocycles. The number of esters is 3. The van der Waals surface area contributed by atoms with Gasteiger partial charge in [0.05, 0.1) is 0 Å². The largest absolute Gasteiger partial charge is 0.462 e. The van der Waals surface area contributed by atoms with E-state index in [1.165, 1.54) is 116 Å². The summed E-state index contributed by atoms with van der Waals surface area (Å²) in [5.74, 6) is -0.939. The summed E-state index contributed by atoms with van der Waals surface area (Å²) in [6.45, 7) is 6.49. The van der Waals surface area contributed by atoms with Crippen molar-refractivity contribution in [1.82, 2.24) is 0 Å². The minimum absolute atomic E-state index is 0.0936. The van der Waals surface area contributed by atoms with Gasteiger partial charge < -0.3 is 14.2 Å². The van der Waals surface area contributed by atoms with Crippen molar-refractivity contribution in [3.63, 3.8) is 0 Å². The van der Waals surface area contributed by atoms with Gasteiger partial charge in [-0.1, -0.05) is 204 Å². The van der Waals surface area contributed by atoms with Crippen molar-refractivity contribution in [1.29, 1.82) is 0 Å². The smallest absolute Gasteiger partial charge is 0.306 e. The molecule has 0 bridgehead atoms. The van der Waals surface area contributed by atoms with Gasteiger partial charge >= 0.3 is 17.9 Å². The first kappa shape index (κ1) is 59.1. The fourth-order valence-corrected chi connectivity index (χ4v) is 7.29. The van der Waals surface area contributed by atoms with Crippen LogP contribution in [0.4, 0.5) is 0 Å². The van der Waals surface area contributed by atoms with Gasteiger partial charge in [0.2, 0.25) is 0 Å². The summed E-state index contributed by atoms with van der Waals surface area (Å²) in [4.78, 5) is 38.0. The predicted molar refractivity (Wildman–Crippen MR) is 265 cm³/mol. The van der Waals surface area contributed by atoms with Crippen LogP contribution >= 0.6 is 0 Å². The zero-order chi connectivity index (χ0) is 45.1. The molecular formula is C56H98O6. The van der Waals surface area contributed by atoms with E-state index in [4.69, 9.17) is 14.2 Å². The highest BCUT2D eigenvalue weighted by atomic mass is 16.6. The summed E-state index contributed by atoms with van der Waals surface area (Å²) in [5.41, 5.74) is 0. The van der Waals surface area contributed by atoms with Gasteiger partial charge in [-0.15, -0.1) is 0 Å². The molecule has 6 heteroatoms. The molecule has 358 valence electrons. The monoisotopic (exact) mass is 867 g/mol. The van der Waals surface area contributed by atoms with Gasteiger partial charge in [-0.25, -0.2) is 0 Å². The average molecular weight is 867 g/mol. The standard InChI is InChI=1S/C56H98O6/c1-4-7-10-13-16-19-22-25-28-29-32-34-37-40-43-46-49-55(58)61-52-53(62-56(59)50-47-44-41-38-35-31-27-24-21-18-15-12-9-6-3)51-60-54(57)48-45-42-39-36-33-30-26-23-20-17-14-11-8-5-2/h9,12,18,21,28-30,32-34,53H,4-8,10-11,13-17,19-20,22-27,31,35-52H2,1-3H3/b12-9-,21-18-,29-28-,33-30-,34-32-. The van der Waals surface area contributed by atoms with Crippen molar-refractivity contribution in [2.45, 2.75) is 264 Å². The summed E-state index contributed by atoms with van der Waals surface area (Å²) in [7, 11) is 0. The maximum absolute atomic E-state index is 12.8. The fraction of sp³-hybridized carbons (Fsp3) is 0.768. The number of carbonyl (C=O) groups is 3. The highest BCUT2D eigenvalue weighted by molar-refractivity contribution is 5.71. The maximum atomic E-state index is 12.8. The molecule has 0 aromatic heterocycles. The number of rotatable bonds is 47. The summed E-state index contributed by atoms with van der Waals surface area (Å²) < 4.78 is 16.8. The molecule has 0 aromatic rings. The highest BCUT2D eigenvalue weighted by Gasteiger charge is 2.19. The SMILES string of the molecule is CC/C=C\C/C=C\CCCCCCCCCC(=O)OC(COC(=O)CCCCC/C=C\C=C/CCCCCCCCC)COC(=O)CCCCC/C=C\CCCCCCCCC. The lowest BCUT2D eigenvalue weighted by atomic mass is 10.1. The molecule has 0 aliphatic carbocycles. The number of ether oxygens (including phenoxy) is 3. The van der Waals surface area contributed by atoms with Gasteiger partial charge in [-0.3, -0.25) is 14.4 Å². The number of hydrogen-bond acceptors (Lipinski definition) is 6. The molecule has 0 saturated carbocycles. The van der Waals surface area contributed by atoms with Crippen LogP contribution in [0.1, 0.15) is 258 Å². The van der Waals surface area contributed by atoms with Crippen LogP contribution in [-0.2, 0) is 28.6 Å². The Balaban J connectivity index is 4.44. The number of carbonyl (C=O) groups excluding carboxylic acids is 3. The number of hydrogen-bond donors (Lipinski definition) is 0. The van der Waals surface area contributed by atoms with Crippen molar-refractivity contribution >= 4 is 17.9 Å². The van der Waals surface area contributed by atoms with Gasteiger partial charge in [0.25, 0.3) is 0 Å². The van der Waals surface area contributed by atoms with Gasteiger partial charge in [0.1, 0.15) is 13.2 Å². The van der Waals surface area contributed by atoms with E-state index >= 15 is 0 Å². The van der Waals surface area contributed by atoms with Crippen molar-refractivity contribution in [2.24, 2.45) is 0 Å². The molecule has 0 rings (SSSR count). The second-order valence-corrected chi connectivity index (χ2v) is 17.4. The van der Waals surface area contributed by atoms with Gasteiger partial charge in [-0.2, -0.15) is 0 Å². The van der Waals surface area contributed by atoms with Crippen LogP contribution in [-0.4, -0.2) is 37.2 Å². The number of unbranched alkanes of at least 4 members (excludes halogenated alkanes) is 27. The molecule has 1 atom stereocenters. The molecule has 0 spiro atoms. The van der Waals surface area contributed by atoms with E-state index in [9.17, 15) is 14.4 Å². The third-order valence-electron chi connectivity index (χ3n) is 11.3. The van der Waals surface area contributed by atoms with E-state index < -0.39 is 6.10 Å². The Morgan fingerprint density at radius 2 is 0.677 bits per heavy atom. The van der Waals surface area contributed by atoms with E-state index in [1.807, 2.05) is 0 Å². The summed E-state index contributed by atoms with van der Waals surface area (Å²) in [6.07, 6.45) is 62.1. The van der Waals surface area contributed by atoms with E-state index in [-0.39, 0.29) is 31.1 Å². The minimum Gasteiger partial charge on any atom is -0.462 e. The Bertz CT molecular complexity index is 1130. The molecule has 62 heavy (non-hydrogen) atoms. The van der Waals surface area contributed by atoms with Crippen LogP contribution in [0, 0.1) is 0 Å². The first-order valence-electron chi connectivity index (χ1n) is 26.3. The van der Waals surface area contributed by atoms with Crippen LogP contribution in [0.3, 0.4) is 0 Å². The van der Waals surface area contributed by atoms with E-state index in [0.29, 0.717) is 19.3 Å². The zero-order valence-electron chi connectivity index (χ0n) is 40.9. The summed E-state index contributed by atoms with van der Waals surface area (Å²) >= 11 is 0. The van der Waals surface area contributed by atoms with Crippen LogP contribution in [0.15, 0.2) is 60.8 Å². The average Bonchev–Trinajstić information content (AvgIpc) is 3.27. The van der Waals surface area contributed by atoms with Crippen molar-refractivity contribution in [3.05, 3.63) is 60.8 Å². The first-order valence-corrected chi connectivity index (χ1v) is 26.3. The van der Waals surface area contributed by atoms with E-state index in [2.05, 4.69) is 81.5 Å². The van der Waals surface area contributed by atoms with Gasteiger partial charge in [0, 0.05) is 19.3 Å². The molecule has 1 unspecified atom stereocenters. The Morgan fingerprint density at radius 3 is 1.10 bits per heavy atom. The molecule has 0 heterocycles. The molecule has 0 aliphatic rings. The molecular weight excluding hydrogens is 769 g/mol. The van der Waals surface area contributed by atoms with Crippen LogP contribution in [0.25, 0.3) is 0 Å². The van der Waals surface area contributed by atoms with Crippen LogP contribution in [0.5, 0.6) is 0 Å². The molecule has 6 nitrogen and oxygen atoms in total. The Morgan fingerprint density at radius 1 is 0.355 bits per heavy atom. The lowest BCUT2D eigenvalue weighted by molar-refractivity contribution is -0.167. The topological polar surface area (TPSA) is 78.9 Å². The lowest BCUT2D eigenvalue weighted by Crippen LogP contribution is -2.30. The first-order chi connectivity index (χ1) is 30.5. The molecule has 0 amide bonds. The second kappa shape index (κ2) is 50.8. The summed E-state index contributed by atoms with van der Waals surface area (Å²) in [6, 6.07) is 0. The third kappa shape index (κ3) is 48.1. The normalized spacial score (nSPS) is 12.5. The third-order valence-corrected chi connectivity index (χ3v) is 11.3. The predicted octanol–water partition coefficient (Wildman–Crippen LogP) is 17.3. The van der Waals surface area contributed by atoms with Crippen molar-refractivity contribution < 1.29 is 28.6 Å². The Hall–Kier alpha value is -2.89. The Labute approximate surface area is 383 Å². The molecule has 0 N–H and O–H groups in total. The molecule has 0 fully saturated rings. The summed E-state index contributed by atoms with van der Waals surface area (Å²) in [5, 5.41) is 0. The van der Waals surface area contributed by atoms with Gasteiger partial charge in [-0.05, 0) is 96.3 Å². The molecule has 0 aromatic carbocycles.